The maximum absolute atomic E-state index is 11.1. The van der Waals surface area contributed by atoms with Gasteiger partial charge < -0.3 is 5.11 Å². The first-order valence-corrected chi connectivity index (χ1v) is 6.93. The second kappa shape index (κ2) is 6.55. The molecule has 0 aromatic heterocycles. The molecule has 0 radical (unpaired) electrons. The van der Waals surface area contributed by atoms with Crippen molar-refractivity contribution in [2.45, 2.75) is 47.5 Å². The molecule has 19 heavy (non-hydrogen) atoms. The van der Waals surface area contributed by atoms with E-state index in [4.69, 9.17) is 5.11 Å². The quantitative estimate of drug-likeness (QED) is 0.790. The Morgan fingerprint density at radius 3 is 2.00 bits per heavy atom. The van der Waals surface area contributed by atoms with Gasteiger partial charge in [-0.15, -0.1) is 0 Å². The third-order valence-corrected chi connectivity index (χ3v) is 3.67. The van der Waals surface area contributed by atoms with Crippen molar-refractivity contribution in [3.05, 3.63) is 40.5 Å². The van der Waals surface area contributed by atoms with Crippen molar-refractivity contribution in [1.29, 1.82) is 0 Å². The van der Waals surface area contributed by atoms with Crippen LogP contribution in [0.5, 0.6) is 0 Å². The van der Waals surface area contributed by atoms with Gasteiger partial charge in [-0.3, -0.25) is 0 Å². The zero-order valence-electron chi connectivity index (χ0n) is 12.6. The molecule has 0 unspecified atom stereocenters. The zero-order chi connectivity index (χ0) is 14.6. The van der Waals surface area contributed by atoms with Crippen LogP contribution in [0.2, 0.25) is 0 Å². The van der Waals surface area contributed by atoms with E-state index >= 15 is 0 Å². The maximum atomic E-state index is 11.1. The minimum absolute atomic E-state index is 0.302. The molecule has 1 aromatic rings. The van der Waals surface area contributed by atoms with Gasteiger partial charge in [0, 0.05) is 6.08 Å². The van der Waals surface area contributed by atoms with E-state index in [2.05, 4.69) is 46.8 Å². The molecule has 0 amide bonds. The third kappa shape index (κ3) is 3.69. The number of allylic oxidation sites excluding steroid dienone is 1. The van der Waals surface area contributed by atoms with E-state index in [0.29, 0.717) is 5.92 Å². The Balaban J connectivity index is 3.46. The molecule has 0 heterocycles. The zero-order valence-corrected chi connectivity index (χ0v) is 12.6. The summed E-state index contributed by atoms with van der Waals surface area (Å²) >= 11 is 0. The van der Waals surface area contributed by atoms with Crippen LogP contribution in [-0.2, 0) is 4.79 Å². The van der Waals surface area contributed by atoms with Crippen molar-refractivity contribution in [2.24, 2.45) is 5.92 Å². The largest absolute Gasteiger partial charge is 0.478 e. The number of aryl methyl sites for hydroxylation is 3. The number of carboxylic acid groups (broad SMARTS) is 1. The van der Waals surface area contributed by atoms with E-state index in [9.17, 15) is 4.79 Å². The van der Waals surface area contributed by atoms with Crippen molar-refractivity contribution in [1.82, 2.24) is 0 Å². The maximum Gasteiger partial charge on any atom is 0.328 e. The monoisotopic (exact) mass is 260 g/mol. The highest BCUT2D eigenvalue weighted by molar-refractivity contribution is 5.91. The van der Waals surface area contributed by atoms with Gasteiger partial charge in [-0.2, -0.15) is 0 Å². The molecule has 0 atom stereocenters. The number of carboxylic acids is 1. The molecule has 0 fully saturated rings. The van der Waals surface area contributed by atoms with Crippen molar-refractivity contribution >= 4 is 11.5 Å². The summed E-state index contributed by atoms with van der Waals surface area (Å²) < 4.78 is 0. The number of benzene rings is 1. The summed E-state index contributed by atoms with van der Waals surface area (Å²) in [4.78, 5) is 11.1. The van der Waals surface area contributed by atoms with E-state index < -0.39 is 5.97 Å². The Labute approximate surface area is 116 Å². The molecule has 0 spiro atoms. The number of rotatable bonds is 5. The number of hydrogen-bond donors (Lipinski definition) is 1. The highest BCUT2D eigenvalue weighted by Gasteiger charge is 2.18. The lowest BCUT2D eigenvalue weighted by atomic mass is 9.83. The highest BCUT2D eigenvalue weighted by Crippen LogP contribution is 2.33. The lowest BCUT2D eigenvalue weighted by molar-refractivity contribution is -0.131. The summed E-state index contributed by atoms with van der Waals surface area (Å²) in [6.45, 7) is 10.4. The van der Waals surface area contributed by atoms with Gasteiger partial charge in [-0.1, -0.05) is 31.5 Å². The van der Waals surface area contributed by atoms with E-state index in [-0.39, 0.29) is 0 Å². The van der Waals surface area contributed by atoms with E-state index in [1.807, 2.05) is 0 Å². The molecule has 1 rings (SSSR count). The van der Waals surface area contributed by atoms with Crippen LogP contribution in [-0.4, -0.2) is 11.1 Å². The van der Waals surface area contributed by atoms with Gasteiger partial charge in [0.2, 0.25) is 0 Å². The van der Waals surface area contributed by atoms with Crippen molar-refractivity contribution < 1.29 is 9.90 Å². The molecule has 0 bridgehead atoms. The number of aliphatic carboxylic acids is 1. The smallest absolute Gasteiger partial charge is 0.328 e. The molecule has 1 N–H and O–H groups in total. The van der Waals surface area contributed by atoms with Crippen LogP contribution in [0.3, 0.4) is 0 Å². The van der Waals surface area contributed by atoms with E-state index in [1.54, 1.807) is 0 Å². The summed E-state index contributed by atoms with van der Waals surface area (Å²) in [5.74, 6) is -0.558. The fraction of sp³-hybridized carbons (Fsp3) is 0.471. The SMILES string of the molecule is CCC(CC)/C(=C\C(=O)O)c1c(C)cc(C)cc1C. The van der Waals surface area contributed by atoms with Crippen molar-refractivity contribution in [3.63, 3.8) is 0 Å². The number of hydrogen-bond acceptors (Lipinski definition) is 1. The van der Waals surface area contributed by atoms with Gasteiger partial charge in [0.05, 0.1) is 0 Å². The van der Waals surface area contributed by atoms with Gasteiger partial charge in [-0.05, 0) is 61.8 Å². The number of carbonyl (C=O) groups is 1. The van der Waals surface area contributed by atoms with Crippen LogP contribution in [0.1, 0.15) is 48.9 Å². The standard InChI is InChI=1S/C17H24O2/c1-6-14(7-2)15(10-16(18)19)17-12(4)8-11(3)9-13(17)5/h8-10,14H,6-7H2,1-5H3,(H,18,19)/b15-10+. The topological polar surface area (TPSA) is 37.3 Å². The van der Waals surface area contributed by atoms with Gasteiger partial charge in [0.15, 0.2) is 0 Å². The predicted molar refractivity (Wildman–Crippen MR) is 80.3 cm³/mol. The first-order chi connectivity index (χ1) is 8.90. The molecule has 1 aromatic carbocycles. The van der Waals surface area contributed by atoms with Crippen molar-refractivity contribution in [3.8, 4) is 0 Å². The normalized spacial score (nSPS) is 12.0. The Bertz CT molecular complexity index is 471. The van der Waals surface area contributed by atoms with E-state index in [1.165, 1.54) is 11.6 Å². The molecule has 0 aliphatic carbocycles. The molecule has 2 heteroatoms. The average molecular weight is 260 g/mol. The first-order valence-electron chi connectivity index (χ1n) is 6.93. The lowest BCUT2D eigenvalue weighted by Gasteiger charge is -2.21. The molecule has 0 aliphatic rings. The second-order valence-electron chi connectivity index (χ2n) is 5.23. The molecular weight excluding hydrogens is 236 g/mol. The molecule has 104 valence electrons. The van der Waals surface area contributed by atoms with Gasteiger partial charge in [0.1, 0.15) is 0 Å². The van der Waals surface area contributed by atoms with Crippen LogP contribution < -0.4 is 0 Å². The fourth-order valence-corrected chi connectivity index (χ4v) is 2.89. The summed E-state index contributed by atoms with van der Waals surface area (Å²) in [7, 11) is 0. The second-order valence-corrected chi connectivity index (χ2v) is 5.23. The Hall–Kier alpha value is -1.57. The van der Waals surface area contributed by atoms with E-state index in [0.717, 1.165) is 35.1 Å². The van der Waals surface area contributed by atoms with Crippen LogP contribution in [0.15, 0.2) is 18.2 Å². The van der Waals surface area contributed by atoms with Crippen LogP contribution in [0.4, 0.5) is 0 Å². The Morgan fingerprint density at radius 1 is 1.16 bits per heavy atom. The summed E-state index contributed by atoms with van der Waals surface area (Å²) in [5.41, 5.74) is 5.63. The van der Waals surface area contributed by atoms with Crippen LogP contribution in [0.25, 0.3) is 5.57 Å². The average Bonchev–Trinajstić information content (AvgIpc) is 2.28. The molecule has 0 saturated heterocycles. The fourth-order valence-electron chi connectivity index (χ4n) is 2.89. The Morgan fingerprint density at radius 2 is 1.63 bits per heavy atom. The molecule has 0 saturated carbocycles. The molecule has 2 nitrogen and oxygen atoms in total. The van der Waals surface area contributed by atoms with Crippen LogP contribution in [0, 0.1) is 26.7 Å². The summed E-state index contributed by atoms with van der Waals surface area (Å²) in [6.07, 6.45) is 3.31. The molecular formula is C17H24O2. The van der Waals surface area contributed by atoms with Crippen molar-refractivity contribution in [2.75, 3.05) is 0 Å². The lowest BCUT2D eigenvalue weighted by Crippen LogP contribution is -2.07. The first kappa shape index (κ1) is 15.5. The third-order valence-electron chi connectivity index (χ3n) is 3.67. The minimum Gasteiger partial charge on any atom is -0.478 e. The predicted octanol–water partition coefficient (Wildman–Crippen LogP) is 4.52. The Kier molecular flexibility index (Phi) is 5.34. The van der Waals surface area contributed by atoms with Crippen LogP contribution >= 0.6 is 0 Å². The van der Waals surface area contributed by atoms with Gasteiger partial charge in [0.25, 0.3) is 0 Å². The minimum atomic E-state index is -0.860. The van der Waals surface area contributed by atoms with Gasteiger partial charge in [-0.25, -0.2) is 4.79 Å². The summed E-state index contributed by atoms with van der Waals surface area (Å²) in [6, 6.07) is 4.25. The summed E-state index contributed by atoms with van der Waals surface area (Å²) in [5, 5.41) is 9.15. The molecule has 0 aliphatic heterocycles. The van der Waals surface area contributed by atoms with Gasteiger partial charge >= 0.3 is 5.97 Å². The highest BCUT2D eigenvalue weighted by atomic mass is 16.4.